The van der Waals surface area contributed by atoms with Crippen molar-refractivity contribution < 1.29 is 19.0 Å². The molecule has 4 nitrogen and oxygen atoms in total. The molecule has 0 saturated heterocycles. The number of methoxy groups -OCH3 is 2. The van der Waals surface area contributed by atoms with Gasteiger partial charge >= 0.3 is 5.97 Å². The first-order chi connectivity index (χ1) is 10.7. The van der Waals surface area contributed by atoms with E-state index >= 15 is 0 Å². The fourth-order valence-corrected chi connectivity index (χ4v) is 1.76. The minimum Gasteiger partial charge on any atom is -0.497 e. The van der Waals surface area contributed by atoms with Crippen LogP contribution in [0.1, 0.15) is 11.1 Å². The average molecular weight is 296 g/mol. The van der Waals surface area contributed by atoms with Gasteiger partial charge in [-0.05, 0) is 17.7 Å². The van der Waals surface area contributed by atoms with Gasteiger partial charge in [-0.25, -0.2) is 4.79 Å². The Balaban J connectivity index is 2.22. The van der Waals surface area contributed by atoms with E-state index < -0.39 is 5.97 Å². The smallest absolute Gasteiger partial charge is 0.384 e. The minimum atomic E-state index is -0.593. The predicted molar refractivity (Wildman–Crippen MR) is 82.7 cm³/mol. The molecule has 0 fully saturated rings. The van der Waals surface area contributed by atoms with Crippen LogP contribution in [0.2, 0.25) is 0 Å². The number of hydrogen-bond donors (Lipinski definition) is 0. The first-order valence-electron chi connectivity index (χ1n) is 6.67. The van der Waals surface area contributed by atoms with Gasteiger partial charge in [0, 0.05) is 12.0 Å². The largest absolute Gasteiger partial charge is 0.497 e. The molecule has 0 aliphatic rings. The number of rotatable bonds is 4. The lowest BCUT2D eigenvalue weighted by Crippen LogP contribution is -1.99. The monoisotopic (exact) mass is 296 g/mol. The Kier molecular flexibility index (Phi) is 5.44. The molecule has 0 atom stereocenters. The molecule has 112 valence electrons. The summed E-state index contributed by atoms with van der Waals surface area (Å²) >= 11 is 0. The van der Waals surface area contributed by atoms with E-state index in [2.05, 4.69) is 16.6 Å². The third-order valence-electron chi connectivity index (χ3n) is 2.91. The molecule has 2 aromatic rings. The second-order valence-electron chi connectivity index (χ2n) is 4.38. The van der Waals surface area contributed by atoms with Crippen LogP contribution in [0.4, 0.5) is 0 Å². The van der Waals surface area contributed by atoms with E-state index in [9.17, 15) is 4.79 Å². The summed E-state index contributed by atoms with van der Waals surface area (Å²) in [5.74, 6) is 5.76. The van der Waals surface area contributed by atoms with Crippen molar-refractivity contribution in [3.63, 3.8) is 0 Å². The molecule has 0 aliphatic carbocycles. The van der Waals surface area contributed by atoms with E-state index in [0.717, 1.165) is 5.56 Å². The molecule has 0 spiro atoms. The quantitative estimate of drug-likeness (QED) is 0.643. The van der Waals surface area contributed by atoms with Gasteiger partial charge in [0.2, 0.25) is 0 Å². The molecule has 4 heteroatoms. The predicted octanol–water partition coefficient (Wildman–Crippen LogP) is 2.80. The van der Waals surface area contributed by atoms with Crippen LogP contribution in [-0.4, -0.2) is 20.2 Å². The van der Waals surface area contributed by atoms with Crippen LogP contribution in [0.3, 0.4) is 0 Å². The fourth-order valence-electron chi connectivity index (χ4n) is 1.76. The maximum absolute atomic E-state index is 11.1. The van der Waals surface area contributed by atoms with E-state index in [4.69, 9.17) is 9.47 Å². The molecular weight excluding hydrogens is 280 g/mol. The number of carbonyl (C=O) groups is 1. The highest BCUT2D eigenvalue weighted by molar-refractivity contribution is 5.89. The summed E-state index contributed by atoms with van der Waals surface area (Å²) < 4.78 is 15.5. The van der Waals surface area contributed by atoms with Crippen LogP contribution >= 0.6 is 0 Å². The number of esters is 1. The van der Waals surface area contributed by atoms with Crippen molar-refractivity contribution in [1.82, 2.24) is 0 Å². The highest BCUT2D eigenvalue weighted by Crippen LogP contribution is 2.25. The summed E-state index contributed by atoms with van der Waals surface area (Å²) in [5.41, 5.74) is 1.64. The maximum Gasteiger partial charge on any atom is 0.384 e. The van der Waals surface area contributed by atoms with Gasteiger partial charge < -0.3 is 14.2 Å². The molecule has 0 heterocycles. The van der Waals surface area contributed by atoms with Crippen LogP contribution < -0.4 is 9.47 Å². The zero-order valence-corrected chi connectivity index (χ0v) is 12.5. The molecule has 0 unspecified atom stereocenters. The molecule has 22 heavy (non-hydrogen) atoms. The Morgan fingerprint density at radius 2 is 1.86 bits per heavy atom. The molecular formula is C18H16O4. The molecule has 0 saturated carbocycles. The summed E-state index contributed by atoms with van der Waals surface area (Å²) in [5, 5.41) is 0. The second-order valence-corrected chi connectivity index (χ2v) is 4.38. The number of hydrogen-bond acceptors (Lipinski definition) is 4. The summed E-state index contributed by atoms with van der Waals surface area (Å²) in [4.78, 5) is 11.1. The third-order valence-corrected chi connectivity index (χ3v) is 2.91. The summed E-state index contributed by atoms with van der Waals surface area (Å²) in [7, 11) is 2.87. The van der Waals surface area contributed by atoms with E-state index in [1.54, 1.807) is 25.3 Å². The Morgan fingerprint density at radius 1 is 1.09 bits per heavy atom. The topological polar surface area (TPSA) is 44.8 Å². The van der Waals surface area contributed by atoms with E-state index in [1.165, 1.54) is 7.11 Å². The SMILES string of the molecule is COC(=O)C#Cc1ccc(OC)cc1OCc1ccccc1. The lowest BCUT2D eigenvalue weighted by Gasteiger charge is -2.10. The first-order valence-corrected chi connectivity index (χ1v) is 6.67. The van der Waals surface area contributed by atoms with Gasteiger partial charge in [-0.15, -0.1) is 0 Å². The highest BCUT2D eigenvalue weighted by Gasteiger charge is 2.05. The molecule has 0 aromatic heterocycles. The van der Waals surface area contributed by atoms with Crippen molar-refractivity contribution in [2.24, 2.45) is 0 Å². The van der Waals surface area contributed by atoms with Gasteiger partial charge in [0.05, 0.1) is 19.8 Å². The van der Waals surface area contributed by atoms with Crippen molar-refractivity contribution in [3.8, 4) is 23.3 Å². The second kappa shape index (κ2) is 7.75. The van der Waals surface area contributed by atoms with E-state index in [0.29, 0.717) is 23.7 Å². The van der Waals surface area contributed by atoms with Gasteiger partial charge in [-0.2, -0.15) is 0 Å². The molecule has 0 amide bonds. The Bertz CT molecular complexity index is 696. The van der Waals surface area contributed by atoms with Crippen LogP contribution in [0.5, 0.6) is 11.5 Å². The Labute approximate surface area is 129 Å². The zero-order chi connectivity index (χ0) is 15.8. The van der Waals surface area contributed by atoms with Gasteiger partial charge in [0.15, 0.2) is 0 Å². The van der Waals surface area contributed by atoms with E-state index in [-0.39, 0.29) is 0 Å². The summed E-state index contributed by atoms with van der Waals surface area (Å²) in [6, 6.07) is 15.0. The van der Waals surface area contributed by atoms with Crippen LogP contribution in [0.15, 0.2) is 48.5 Å². The van der Waals surface area contributed by atoms with Gasteiger partial charge in [0.25, 0.3) is 0 Å². The third kappa shape index (κ3) is 4.29. The highest BCUT2D eigenvalue weighted by atomic mass is 16.5. The molecule has 2 rings (SSSR count). The van der Waals surface area contributed by atoms with Crippen molar-refractivity contribution in [1.29, 1.82) is 0 Å². The molecule has 2 aromatic carbocycles. The molecule has 0 aliphatic heterocycles. The van der Waals surface area contributed by atoms with Crippen molar-refractivity contribution in [3.05, 3.63) is 59.7 Å². The number of benzene rings is 2. The molecule has 0 N–H and O–H groups in total. The lowest BCUT2D eigenvalue weighted by molar-refractivity contribution is -0.133. The number of ether oxygens (including phenoxy) is 3. The van der Waals surface area contributed by atoms with E-state index in [1.807, 2.05) is 30.3 Å². The minimum absolute atomic E-state index is 0.404. The number of carbonyl (C=O) groups excluding carboxylic acids is 1. The zero-order valence-electron chi connectivity index (χ0n) is 12.5. The Morgan fingerprint density at radius 3 is 2.55 bits per heavy atom. The van der Waals surface area contributed by atoms with Crippen molar-refractivity contribution >= 4 is 5.97 Å². The molecule has 0 bridgehead atoms. The first kappa shape index (κ1) is 15.5. The molecule has 0 radical (unpaired) electrons. The fraction of sp³-hybridized carbons (Fsp3) is 0.167. The average Bonchev–Trinajstić information content (AvgIpc) is 2.58. The van der Waals surface area contributed by atoms with Crippen molar-refractivity contribution in [2.45, 2.75) is 6.61 Å². The van der Waals surface area contributed by atoms with Crippen molar-refractivity contribution in [2.75, 3.05) is 14.2 Å². The Hall–Kier alpha value is -2.93. The lowest BCUT2D eigenvalue weighted by atomic mass is 10.2. The van der Waals surface area contributed by atoms with Gasteiger partial charge in [-0.3, -0.25) is 0 Å². The normalized spacial score (nSPS) is 9.36. The summed E-state index contributed by atoms with van der Waals surface area (Å²) in [6.07, 6.45) is 0. The van der Waals surface area contributed by atoms with Crippen LogP contribution in [0, 0.1) is 11.8 Å². The van der Waals surface area contributed by atoms with Crippen LogP contribution in [-0.2, 0) is 16.1 Å². The standard InChI is InChI=1S/C18H16O4/c1-20-16-10-8-15(9-11-18(19)21-2)17(12-16)22-13-14-6-4-3-5-7-14/h3-8,10,12H,13H2,1-2H3. The maximum atomic E-state index is 11.1. The van der Waals surface area contributed by atoms with Gasteiger partial charge in [-0.1, -0.05) is 36.3 Å². The summed E-state index contributed by atoms with van der Waals surface area (Å²) in [6.45, 7) is 0.404. The van der Waals surface area contributed by atoms with Crippen LogP contribution in [0.25, 0.3) is 0 Å². The van der Waals surface area contributed by atoms with Gasteiger partial charge in [0.1, 0.15) is 18.1 Å².